The largest absolute Gasteiger partial charge is 0.481 e. The molecule has 0 radical (unpaired) electrons. The lowest BCUT2D eigenvalue weighted by molar-refractivity contribution is -0.142. The first-order chi connectivity index (χ1) is 18.5. The van der Waals surface area contributed by atoms with Crippen LogP contribution in [0.25, 0.3) is 0 Å². The van der Waals surface area contributed by atoms with Gasteiger partial charge in [0.1, 0.15) is 5.60 Å². The van der Waals surface area contributed by atoms with E-state index in [2.05, 4.69) is 39.2 Å². The van der Waals surface area contributed by atoms with Crippen LogP contribution in [0.5, 0.6) is 11.5 Å². The van der Waals surface area contributed by atoms with E-state index in [1.165, 1.54) is 0 Å². The Bertz CT molecular complexity index is 1150. The third kappa shape index (κ3) is 8.99. The summed E-state index contributed by atoms with van der Waals surface area (Å²) in [6, 6.07) is 14.8. The van der Waals surface area contributed by atoms with Gasteiger partial charge in [-0.1, -0.05) is 57.2 Å². The molecule has 0 saturated carbocycles. The second kappa shape index (κ2) is 12.6. The first kappa shape index (κ1) is 31.5. The van der Waals surface area contributed by atoms with Crippen molar-refractivity contribution in [2.24, 2.45) is 5.92 Å². The van der Waals surface area contributed by atoms with Gasteiger partial charge in [-0.2, -0.15) is 0 Å². The molecule has 0 aliphatic carbocycles. The molecule has 1 aliphatic heterocycles. The molecule has 9 heteroatoms. The molecule has 3 rings (SSSR count). The molecule has 1 heterocycles. The molecule has 0 spiro atoms. The molecule has 0 fully saturated rings. The number of ether oxygens (including phenoxy) is 3. The Labute approximate surface area is 239 Å². The standard InChI is InChI=1S/C31H45NO7Si/c1-30(2,3)38-29(35)32-24(17-21-12-10-9-11-13-21)26(39-40(7,8)31(4,5)6)19-23(28(33)34)16-22-14-15-25-27(18-22)37-20-36-25/h9-15,18,23-24,26H,16-17,19-20H2,1-8H3,(H,32,35)(H,33,34). The van der Waals surface area contributed by atoms with E-state index in [1.807, 2.05) is 69.3 Å². The lowest BCUT2D eigenvalue weighted by Gasteiger charge is -2.42. The maximum atomic E-state index is 13.0. The van der Waals surface area contributed by atoms with Crippen LogP contribution in [-0.4, -0.2) is 50.0 Å². The first-order valence-corrected chi connectivity index (χ1v) is 16.8. The molecule has 0 bridgehead atoms. The van der Waals surface area contributed by atoms with E-state index in [-0.39, 0.29) is 24.7 Å². The van der Waals surface area contributed by atoms with Gasteiger partial charge in [0.2, 0.25) is 6.79 Å². The maximum absolute atomic E-state index is 13.0. The predicted molar refractivity (Wildman–Crippen MR) is 157 cm³/mol. The Morgan fingerprint density at radius 2 is 1.60 bits per heavy atom. The molecule has 0 saturated heterocycles. The van der Waals surface area contributed by atoms with Crippen molar-refractivity contribution in [1.29, 1.82) is 0 Å². The van der Waals surface area contributed by atoms with Crippen LogP contribution >= 0.6 is 0 Å². The van der Waals surface area contributed by atoms with Crippen LogP contribution in [0.1, 0.15) is 59.1 Å². The number of carbonyl (C=O) groups excluding carboxylic acids is 1. The molecular weight excluding hydrogens is 526 g/mol. The number of amides is 1. The van der Waals surface area contributed by atoms with E-state index in [0.29, 0.717) is 17.9 Å². The summed E-state index contributed by atoms with van der Waals surface area (Å²) in [5.74, 6) is -0.408. The van der Waals surface area contributed by atoms with Gasteiger partial charge >= 0.3 is 12.1 Å². The predicted octanol–water partition coefficient (Wildman–Crippen LogP) is 6.58. The monoisotopic (exact) mass is 571 g/mol. The van der Waals surface area contributed by atoms with Crippen molar-refractivity contribution in [3.8, 4) is 11.5 Å². The second-order valence-electron chi connectivity index (χ2n) is 13.0. The number of fused-ring (bicyclic) bond motifs is 1. The summed E-state index contributed by atoms with van der Waals surface area (Å²) in [4.78, 5) is 25.6. The number of benzene rings is 2. The highest BCUT2D eigenvalue weighted by molar-refractivity contribution is 6.74. The zero-order valence-electron chi connectivity index (χ0n) is 25.1. The smallest absolute Gasteiger partial charge is 0.407 e. The summed E-state index contributed by atoms with van der Waals surface area (Å²) in [5, 5.41) is 13.3. The third-order valence-electron chi connectivity index (χ3n) is 7.49. The van der Waals surface area contributed by atoms with E-state index < -0.39 is 44.0 Å². The average molecular weight is 572 g/mol. The molecule has 220 valence electrons. The van der Waals surface area contributed by atoms with Crippen molar-refractivity contribution in [1.82, 2.24) is 5.32 Å². The van der Waals surface area contributed by atoms with E-state index >= 15 is 0 Å². The van der Waals surface area contributed by atoms with Gasteiger partial charge in [-0.3, -0.25) is 4.79 Å². The summed E-state index contributed by atoms with van der Waals surface area (Å²) in [7, 11) is -2.37. The summed E-state index contributed by atoms with van der Waals surface area (Å²) in [5.41, 5.74) is 1.16. The van der Waals surface area contributed by atoms with Crippen molar-refractivity contribution in [2.75, 3.05) is 6.79 Å². The second-order valence-corrected chi connectivity index (χ2v) is 17.8. The van der Waals surface area contributed by atoms with Crippen LogP contribution in [0.2, 0.25) is 18.1 Å². The van der Waals surface area contributed by atoms with Crippen molar-refractivity contribution in [2.45, 2.75) is 96.7 Å². The van der Waals surface area contributed by atoms with Gasteiger partial charge in [0, 0.05) is 0 Å². The number of aliphatic carboxylic acids is 1. The van der Waals surface area contributed by atoms with Gasteiger partial charge < -0.3 is 29.1 Å². The topological polar surface area (TPSA) is 103 Å². The van der Waals surface area contributed by atoms with E-state index in [0.717, 1.165) is 11.1 Å². The van der Waals surface area contributed by atoms with Gasteiger partial charge in [-0.05, 0) is 81.4 Å². The van der Waals surface area contributed by atoms with Crippen LogP contribution < -0.4 is 14.8 Å². The molecule has 3 atom stereocenters. The third-order valence-corrected chi connectivity index (χ3v) is 12.0. The first-order valence-electron chi connectivity index (χ1n) is 13.9. The fourth-order valence-corrected chi connectivity index (χ4v) is 5.73. The number of hydrogen-bond donors (Lipinski definition) is 2. The maximum Gasteiger partial charge on any atom is 0.407 e. The van der Waals surface area contributed by atoms with Gasteiger partial charge in [0.05, 0.1) is 18.1 Å². The molecule has 2 aromatic carbocycles. The van der Waals surface area contributed by atoms with Crippen molar-refractivity contribution < 1.29 is 33.3 Å². The highest BCUT2D eigenvalue weighted by Gasteiger charge is 2.42. The van der Waals surface area contributed by atoms with Crippen LogP contribution in [-0.2, 0) is 26.8 Å². The van der Waals surface area contributed by atoms with Crippen LogP contribution in [0.15, 0.2) is 48.5 Å². The Hall–Kier alpha value is -3.04. The number of carboxylic acids is 1. The minimum Gasteiger partial charge on any atom is -0.481 e. The summed E-state index contributed by atoms with van der Waals surface area (Å²) < 4.78 is 23.4. The van der Waals surface area contributed by atoms with Gasteiger partial charge in [-0.25, -0.2) is 4.79 Å². The van der Waals surface area contributed by atoms with E-state index in [1.54, 1.807) is 0 Å². The zero-order valence-corrected chi connectivity index (χ0v) is 26.1. The van der Waals surface area contributed by atoms with Crippen LogP contribution in [0.3, 0.4) is 0 Å². The Kier molecular flexibility index (Phi) is 9.95. The van der Waals surface area contributed by atoms with Gasteiger partial charge in [-0.15, -0.1) is 0 Å². The quantitative estimate of drug-likeness (QED) is 0.294. The summed E-state index contributed by atoms with van der Waals surface area (Å²) in [6.07, 6.45) is -0.156. The SMILES string of the molecule is CC(C)(C)OC(=O)NC(Cc1ccccc1)C(CC(Cc1ccc2c(c1)OCO2)C(=O)O)O[Si](C)(C)C(C)(C)C. The van der Waals surface area contributed by atoms with Crippen molar-refractivity contribution in [3.63, 3.8) is 0 Å². The van der Waals surface area contributed by atoms with E-state index in [9.17, 15) is 14.7 Å². The zero-order chi connectivity index (χ0) is 29.7. The highest BCUT2D eigenvalue weighted by Crippen LogP contribution is 2.39. The Morgan fingerprint density at radius 3 is 2.20 bits per heavy atom. The molecule has 1 amide bonds. The fraction of sp³-hybridized carbons (Fsp3) is 0.548. The minimum atomic E-state index is -2.37. The average Bonchev–Trinajstić information content (AvgIpc) is 3.29. The minimum absolute atomic E-state index is 0.121. The number of carboxylic acid groups (broad SMARTS) is 1. The molecule has 2 N–H and O–H groups in total. The highest BCUT2D eigenvalue weighted by atomic mass is 28.4. The van der Waals surface area contributed by atoms with Crippen LogP contribution in [0, 0.1) is 5.92 Å². The number of hydrogen-bond acceptors (Lipinski definition) is 6. The Morgan fingerprint density at radius 1 is 0.950 bits per heavy atom. The van der Waals surface area contributed by atoms with Crippen LogP contribution in [0.4, 0.5) is 4.79 Å². The van der Waals surface area contributed by atoms with E-state index in [4.69, 9.17) is 18.6 Å². The van der Waals surface area contributed by atoms with Crippen molar-refractivity contribution in [3.05, 3.63) is 59.7 Å². The lowest BCUT2D eigenvalue weighted by atomic mass is 9.89. The lowest BCUT2D eigenvalue weighted by Crippen LogP contribution is -2.54. The number of rotatable bonds is 11. The number of alkyl carbamates (subject to hydrolysis) is 1. The molecule has 0 aromatic heterocycles. The van der Waals surface area contributed by atoms with Crippen molar-refractivity contribution >= 4 is 20.4 Å². The Balaban J connectivity index is 1.96. The van der Waals surface area contributed by atoms with Gasteiger partial charge in [0.25, 0.3) is 0 Å². The molecule has 2 aromatic rings. The number of carbonyl (C=O) groups is 2. The molecular formula is C31H45NO7Si. The molecule has 40 heavy (non-hydrogen) atoms. The summed E-state index contributed by atoms with van der Waals surface area (Å²) in [6.45, 7) is 16.3. The summed E-state index contributed by atoms with van der Waals surface area (Å²) >= 11 is 0. The number of nitrogens with one attached hydrogen (secondary N) is 1. The normalized spacial score (nSPS) is 15.7. The molecule has 1 aliphatic rings. The molecule has 3 unspecified atom stereocenters. The molecule has 8 nitrogen and oxygen atoms in total. The van der Waals surface area contributed by atoms with Gasteiger partial charge in [0.15, 0.2) is 19.8 Å². The fourth-order valence-electron chi connectivity index (χ4n) is 4.36.